The van der Waals surface area contributed by atoms with Gasteiger partial charge in [0, 0.05) is 30.6 Å². The second-order valence-electron chi connectivity index (χ2n) is 6.98. The molecule has 0 fully saturated rings. The first-order valence-corrected chi connectivity index (χ1v) is 11.1. The number of thiophene rings is 1. The summed E-state index contributed by atoms with van der Waals surface area (Å²) >= 11 is 7.52. The molecule has 0 atom stereocenters. The average Bonchev–Trinajstić information content (AvgIpc) is 3.17. The maximum atomic E-state index is 12.7. The molecule has 3 aromatic heterocycles. The van der Waals surface area contributed by atoms with Crippen molar-refractivity contribution in [2.75, 3.05) is 20.3 Å². The van der Waals surface area contributed by atoms with Gasteiger partial charge in [-0.25, -0.2) is 19.7 Å². The second-order valence-corrected chi connectivity index (χ2v) is 8.38. The Hall–Kier alpha value is -3.40. The molecule has 0 aliphatic carbocycles. The second kappa shape index (κ2) is 10.0. The van der Waals surface area contributed by atoms with Gasteiger partial charge in [0.25, 0.3) is 5.56 Å². The van der Waals surface area contributed by atoms with Crippen molar-refractivity contribution >= 4 is 50.2 Å². The smallest absolute Gasteiger partial charge is 0.348 e. The summed E-state index contributed by atoms with van der Waals surface area (Å²) in [7, 11) is 1.52. The number of esters is 1. The van der Waals surface area contributed by atoms with Crippen molar-refractivity contribution < 1.29 is 14.3 Å². The van der Waals surface area contributed by atoms with Gasteiger partial charge >= 0.3 is 5.97 Å². The summed E-state index contributed by atoms with van der Waals surface area (Å²) in [6, 6.07) is 9.60. The maximum Gasteiger partial charge on any atom is 0.348 e. The van der Waals surface area contributed by atoms with Gasteiger partial charge in [0.2, 0.25) is 0 Å². The minimum Gasteiger partial charge on any atom is -0.459 e. The fourth-order valence-corrected chi connectivity index (χ4v) is 4.39. The number of rotatable bonds is 7. The zero-order chi connectivity index (χ0) is 23.4. The lowest BCUT2D eigenvalue weighted by molar-refractivity contribution is 0.0393. The maximum absolute atomic E-state index is 12.7. The first-order chi connectivity index (χ1) is 16.0. The number of carbonyl (C=O) groups excluding carboxylic acids is 1. The summed E-state index contributed by atoms with van der Waals surface area (Å²) in [6.07, 6.45) is 4.89. The number of benzene rings is 1. The van der Waals surface area contributed by atoms with Crippen molar-refractivity contribution in [3.05, 3.63) is 74.9 Å². The highest BCUT2D eigenvalue weighted by Crippen LogP contribution is 2.29. The zero-order valence-corrected chi connectivity index (χ0v) is 19.4. The first-order valence-electron chi connectivity index (χ1n) is 9.92. The molecule has 10 heteroatoms. The molecule has 0 aliphatic heterocycles. The molecule has 3 heterocycles. The molecule has 1 aromatic carbocycles. The highest BCUT2D eigenvalue weighted by molar-refractivity contribution is 7.20. The van der Waals surface area contributed by atoms with Crippen LogP contribution in [-0.2, 0) is 9.47 Å². The third kappa shape index (κ3) is 5.00. The topological polar surface area (TPSA) is 107 Å². The van der Waals surface area contributed by atoms with Crippen LogP contribution in [0.5, 0.6) is 0 Å². The van der Waals surface area contributed by atoms with Crippen molar-refractivity contribution in [1.29, 1.82) is 0 Å². The molecule has 0 amide bonds. The van der Waals surface area contributed by atoms with Crippen molar-refractivity contribution in [3.63, 3.8) is 0 Å². The summed E-state index contributed by atoms with van der Waals surface area (Å²) in [4.78, 5) is 41.6. The molecule has 0 radical (unpaired) electrons. The minimum atomic E-state index is -0.522. The predicted molar refractivity (Wildman–Crippen MR) is 128 cm³/mol. The van der Waals surface area contributed by atoms with Crippen LogP contribution in [-0.4, -0.2) is 46.2 Å². The molecule has 4 rings (SSSR count). The Balaban J connectivity index is 1.62. The van der Waals surface area contributed by atoms with Crippen LogP contribution in [0.25, 0.3) is 32.7 Å². The molecule has 33 heavy (non-hydrogen) atoms. The number of ether oxygens (including phenoxy) is 2. The van der Waals surface area contributed by atoms with Crippen molar-refractivity contribution in [3.8, 4) is 11.4 Å². The van der Waals surface area contributed by atoms with E-state index in [1.807, 2.05) is 30.3 Å². The van der Waals surface area contributed by atoms with E-state index in [9.17, 15) is 9.59 Å². The van der Waals surface area contributed by atoms with E-state index in [1.165, 1.54) is 7.11 Å². The number of hydrogen-bond donors (Lipinski definition) is 1. The number of nitrogens with zero attached hydrogens (tertiary/aromatic N) is 3. The number of aromatic nitrogens is 4. The quantitative estimate of drug-likeness (QED) is 0.309. The van der Waals surface area contributed by atoms with Crippen molar-refractivity contribution in [2.45, 2.75) is 6.92 Å². The normalized spacial score (nSPS) is 11.7. The van der Waals surface area contributed by atoms with Crippen molar-refractivity contribution in [2.24, 2.45) is 0 Å². The zero-order valence-electron chi connectivity index (χ0n) is 17.8. The number of methoxy groups -OCH3 is 1. The van der Waals surface area contributed by atoms with Crippen LogP contribution in [0.4, 0.5) is 0 Å². The Bertz CT molecular complexity index is 1380. The van der Waals surface area contributed by atoms with E-state index in [0.717, 1.165) is 16.9 Å². The van der Waals surface area contributed by atoms with E-state index >= 15 is 0 Å². The van der Waals surface area contributed by atoms with Crippen LogP contribution >= 0.6 is 22.9 Å². The van der Waals surface area contributed by atoms with Crippen LogP contribution in [0.2, 0.25) is 0 Å². The van der Waals surface area contributed by atoms with Gasteiger partial charge in [-0.1, -0.05) is 41.9 Å². The van der Waals surface area contributed by atoms with E-state index in [-0.39, 0.29) is 29.6 Å². The highest BCUT2D eigenvalue weighted by atomic mass is 35.5. The number of fused-ring (bicyclic) bond motifs is 1. The van der Waals surface area contributed by atoms with Gasteiger partial charge in [-0.05, 0) is 18.6 Å². The molecular formula is C23H19ClN4O4S. The lowest BCUT2D eigenvalue weighted by atomic mass is 10.2. The minimum absolute atomic E-state index is 0.123. The number of aryl methyl sites for hydroxylation is 1. The third-order valence-electron chi connectivity index (χ3n) is 4.73. The monoisotopic (exact) mass is 482 g/mol. The molecule has 1 N–H and O–H groups in total. The van der Waals surface area contributed by atoms with Gasteiger partial charge in [-0.2, -0.15) is 0 Å². The highest BCUT2D eigenvalue weighted by Gasteiger charge is 2.21. The summed E-state index contributed by atoms with van der Waals surface area (Å²) in [6.45, 7) is 2.10. The van der Waals surface area contributed by atoms with E-state index < -0.39 is 5.97 Å². The Morgan fingerprint density at radius 1 is 1.18 bits per heavy atom. The molecule has 168 valence electrons. The number of carbonyl (C=O) groups is 1. The molecule has 0 spiro atoms. The van der Waals surface area contributed by atoms with Gasteiger partial charge in [-0.15, -0.1) is 11.3 Å². The van der Waals surface area contributed by atoms with E-state index in [4.69, 9.17) is 21.1 Å². The van der Waals surface area contributed by atoms with Crippen LogP contribution in [0.15, 0.2) is 47.5 Å². The Morgan fingerprint density at radius 2 is 1.91 bits per heavy atom. The van der Waals surface area contributed by atoms with Gasteiger partial charge in [0.1, 0.15) is 16.3 Å². The number of halogens is 1. The van der Waals surface area contributed by atoms with Gasteiger partial charge in [-0.3, -0.25) is 4.79 Å². The van der Waals surface area contributed by atoms with E-state index in [1.54, 1.807) is 25.4 Å². The van der Waals surface area contributed by atoms with Crippen molar-refractivity contribution in [1.82, 2.24) is 19.9 Å². The van der Waals surface area contributed by atoms with E-state index in [0.29, 0.717) is 32.0 Å². The number of H-pyrrole nitrogens is 1. The molecule has 0 bridgehead atoms. The lowest BCUT2D eigenvalue weighted by Gasteiger charge is -2.02. The van der Waals surface area contributed by atoms with Crippen LogP contribution in [0.1, 0.15) is 26.6 Å². The largest absolute Gasteiger partial charge is 0.459 e. The summed E-state index contributed by atoms with van der Waals surface area (Å²) in [5.41, 5.74) is 1.68. The standard InChI is InChI=1S/C23H19ClN4O4S/c1-13-17-21(29)27-20(28-22(17)33-18(13)23(30)32-9-8-31-2)16(24)10-14-11-25-19(26-12-14)15-6-4-3-5-7-15/h3-7,10-12H,8-9H2,1-2H3,(H,27,28,29)/b16-10-. The number of hydrogen-bond acceptors (Lipinski definition) is 8. The lowest BCUT2D eigenvalue weighted by Crippen LogP contribution is -2.11. The summed E-state index contributed by atoms with van der Waals surface area (Å²) < 4.78 is 10.1. The number of aromatic amines is 1. The Morgan fingerprint density at radius 3 is 2.61 bits per heavy atom. The van der Waals surface area contributed by atoms with Crippen LogP contribution in [0, 0.1) is 6.92 Å². The van der Waals surface area contributed by atoms with Gasteiger partial charge < -0.3 is 14.5 Å². The van der Waals surface area contributed by atoms with Crippen LogP contribution < -0.4 is 5.56 Å². The average molecular weight is 483 g/mol. The molecular weight excluding hydrogens is 464 g/mol. The molecule has 0 aliphatic rings. The molecule has 0 saturated carbocycles. The molecule has 4 aromatic rings. The summed E-state index contributed by atoms with van der Waals surface area (Å²) in [5, 5.41) is 0.544. The van der Waals surface area contributed by atoms with Gasteiger partial charge in [0.15, 0.2) is 11.6 Å². The van der Waals surface area contributed by atoms with Crippen LogP contribution in [0.3, 0.4) is 0 Å². The first kappa shape index (κ1) is 22.8. The SMILES string of the molecule is COCCOC(=O)c1sc2nc(/C(Cl)=C/c3cnc(-c4ccccc4)nc3)[nH]c(=O)c2c1C. The Kier molecular flexibility index (Phi) is 6.93. The molecule has 8 nitrogen and oxygen atoms in total. The Labute approximate surface area is 197 Å². The predicted octanol–water partition coefficient (Wildman–Crippen LogP) is 4.29. The molecule has 0 unspecified atom stereocenters. The fourth-order valence-electron chi connectivity index (χ4n) is 3.10. The molecule has 0 saturated heterocycles. The fraction of sp³-hybridized carbons (Fsp3) is 0.174. The number of nitrogens with one attached hydrogen (secondary N) is 1. The third-order valence-corrected chi connectivity index (χ3v) is 6.18. The van der Waals surface area contributed by atoms with E-state index in [2.05, 4.69) is 19.9 Å². The summed E-state index contributed by atoms with van der Waals surface area (Å²) in [5.74, 6) is 0.253. The van der Waals surface area contributed by atoms with Gasteiger partial charge in [0.05, 0.1) is 17.0 Å².